The molecule has 0 aliphatic carbocycles. The van der Waals surface area contributed by atoms with Crippen LogP contribution in [0, 0.1) is 0 Å². The third-order valence-corrected chi connectivity index (χ3v) is 1.44. The highest BCUT2D eigenvalue weighted by atomic mass is 16.6. The molecule has 0 N–H and O–H groups in total. The molecule has 0 saturated carbocycles. The first-order valence-corrected chi connectivity index (χ1v) is 4.04. The predicted octanol–water partition coefficient (Wildman–Crippen LogP) is 2.23. The van der Waals surface area contributed by atoms with Gasteiger partial charge in [0.1, 0.15) is 11.5 Å². The van der Waals surface area contributed by atoms with Crippen LogP contribution in [0.2, 0.25) is 0 Å². The van der Waals surface area contributed by atoms with Crippen molar-refractivity contribution in [1.29, 1.82) is 0 Å². The van der Waals surface area contributed by atoms with Crippen LogP contribution in [0.25, 0.3) is 0 Å². The lowest BCUT2D eigenvalue weighted by molar-refractivity contribution is -0.137. The molecule has 0 aromatic carbocycles. The second-order valence-corrected chi connectivity index (χ2v) is 2.53. The quantitative estimate of drug-likeness (QED) is 0.482. The van der Waals surface area contributed by atoms with E-state index in [1.54, 1.807) is 14.0 Å². The van der Waals surface area contributed by atoms with Crippen molar-refractivity contribution in [3.05, 3.63) is 11.5 Å². The number of hydrogen-bond acceptors (Lipinski definition) is 3. The van der Waals surface area contributed by atoms with Gasteiger partial charge in [-0.05, 0) is 13.3 Å². The molecule has 0 saturated heterocycles. The third-order valence-electron chi connectivity index (χ3n) is 1.44. The minimum absolute atomic E-state index is 0.296. The highest BCUT2D eigenvalue weighted by molar-refractivity contribution is 5.67. The van der Waals surface area contributed by atoms with Gasteiger partial charge in [0, 0.05) is 13.3 Å². The lowest BCUT2D eigenvalue weighted by Crippen LogP contribution is -2.02. The molecule has 3 heteroatoms. The summed E-state index contributed by atoms with van der Waals surface area (Å²) in [5.74, 6) is 1.01. The molecule has 0 amide bonds. The first kappa shape index (κ1) is 11.0. The van der Waals surface area contributed by atoms with Crippen LogP contribution in [0.5, 0.6) is 0 Å². The van der Waals surface area contributed by atoms with Gasteiger partial charge in [0.15, 0.2) is 0 Å². The third kappa shape index (κ3) is 4.01. The highest BCUT2D eigenvalue weighted by Crippen LogP contribution is 2.13. The van der Waals surface area contributed by atoms with E-state index >= 15 is 0 Å². The number of ether oxygens (including phenoxy) is 2. The monoisotopic (exact) mass is 172 g/mol. The average molecular weight is 172 g/mol. The van der Waals surface area contributed by atoms with Crippen LogP contribution < -0.4 is 0 Å². The zero-order valence-electron chi connectivity index (χ0n) is 8.14. The number of allylic oxidation sites excluding steroid dienone is 2. The van der Waals surface area contributed by atoms with Gasteiger partial charge in [-0.3, -0.25) is 4.79 Å². The molecule has 0 heterocycles. The van der Waals surface area contributed by atoms with E-state index in [4.69, 9.17) is 9.47 Å². The SMILES string of the molecule is CCC/C(OC(C)=O)=C(\C)OC. The summed E-state index contributed by atoms with van der Waals surface area (Å²) in [6, 6.07) is 0. The molecule has 0 spiro atoms. The molecule has 3 nitrogen and oxygen atoms in total. The molecule has 0 radical (unpaired) electrons. The number of carbonyl (C=O) groups is 1. The first-order chi connectivity index (χ1) is 5.61. The molecule has 0 bridgehead atoms. The molecule has 70 valence electrons. The van der Waals surface area contributed by atoms with Gasteiger partial charge >= 0.3 is 5.97 Å². The van der Waals surface area contributed by atoms with E-state index in [2.05, 4.69) is 0 Å². The van der Waals surface area contributed by atoms with Crippen LogP contribution in [0.15, 0.2) is 11.5 Å². The lowest BCUT2D eigenvalue weighted by atomic mass is 10.2. The first-order valence-electron chi connectivity index (χ1n) is 4.04. The second kappa shape index (κ2) is 5.63. The van der Waals surface area contributed by atoms with Gasteiger partial charge in [0.2, 0.25) is 0 Å². The molecule has 0 rings (SSSR count). The average Bonchev–Trinajstić information content (AvgIpc) is 2.01. The van der Waals surface area contributed by atoms with Gasteiger partial charge in [-0.2, -0.15) is 0 Å². The zero-order chi connectivity index (χ0) is 9.56. The van der Waals surface area contributed by atoms with Crippen molar-refractivity contribution in [2.75, 3.05) is 7.11 Å². The fraction of sp³-hybridized carbons (Fsp3) is 0.667. The van der Waals surface area contributed by atoms with E-state index in [0.717, 1.165) is 12.8 Å². The van der Waals surface area contributed by atoms with E-state index in [-0.39, 0.29) is 5.97 Å². The molecular weight excluding hydrogens is 156 g/mol. The molecule has 0 aromatic rings. The van der Waals surface area contributed by atoms with Crippen LogP contribution in [0.3, 0.4) is 0 Å². The Morgan fingerprint density at radius 2 is 1.92 bits per heavy atom. The number of rotatable bonds is 4. The van der Waals surface area contributed by atoms with Crippen LogP contribution in [-0.2, 0) is 14.3 Å². The minimum Gasteiger partial charge on any atom is -0.498 e. The Labute approximate surface area is 73.4 Å². The Kier molecular flexibility index (Phi) is 5.17. The van der Waals surface area contributed by atoms with Crippen molar-refractivity contribution in [1.82, 2.24) is 0 Å². The Morgan fingerprint density at radius 3 is 2.25 bits per heavy atom. The van der Waals surface area contributed by atoms with Crippen molar-refractivity contribution in [3.63, 3.8) is 0 Å². The molecule has 12 heavy (non-hydrogen) atoms. The molecule has 0 unspecified atom stereocenters. The van der Waals surface area contributed by atoms with E-state index in [9.17, 15) is 4.79 Å². The predicted molar refractivity (Wildman–Crippen MR) is 46.4 cm³/mol. The smallest absolute Gasteiger partial charge is 0.307 e. The Hall–Kier alpha value is -0.990. The van der Waals surface area contributed by atoms with Crippen LogP contribution in [0.4, 0.5) is 0 Å². The molecular formula is C9H16O3. The summed E-state index contributed by atoms with van der Waals surface area (Å²) in [7, 11) is 1.56. The zero-order valence-corrected chi connectivity index (χ0v) is 8.14. The maximum Gasteiger partial charge on any atom is 0.307 e. The van der Waals surface area contributed by atoms with Crippen molar-refractivity contribution < 1.29 is 14.3 Å². The summed E-state index contributed by atoms with van der Waals surface area (Å²) in [6.07, 6.45) is 1.67. The number of esters is 1. The second-order valence-electron chi connectivity index (χ2n) is 2.53. The molecule has 0 fully saturated rings. The fourth-order valence-corrected chi connectivity index (χ4v) is 0.813. The maximum atomic E-state index is 10.6. The van der Waals surface area contributed by atoms with Gasteiger partial charge in [0.05, 0.1) is 7.11 Å². The summed E-state index contributed by atoms with van der Waals surface area (Å²) >= 11 is 0. The topological polar surface area (TPSA) is 35.5 Å². The van der Waals surface area contributed by atoms with Gasteiger partial charge in [-0.15, -0.1) is 0 Å². The summed E-state index contributed by atoms with van der Waals surface area (Å²) < 4.78 is 9.93. The van der Waals surface area contributed by atoms with Gasteiger partial charge < -0.3 is 9.47 Å². The molecule has 0 aliphatic rings. The molecule has 0 atom stereocenters. The largest absolute Gasteiger partial charge is 0.498 e. The van der Waals surface area contributed by atoms with Gasteiger partial charge in [-0.1, -0.05) is 6.92 Å². The summed E-state index contributed by atoms with van der Waals surface area (Å²) in [5.41, 5.74) is 0. The van der Waals surface area contributed by atoms with Crippen molar-refractivity contribution in [2.45, 2.75) is 33.6 Å². The Balaban J connectivity index is 4.31. The van der Waals surface area contributed by atoms with Gasteiger partial charge in [-0.25, -0.2) is 0 Å². The van der Waals surface area contributed by atoms with Crippen LogP contribution in [0.1, 0.15) is 33.6 Å². The van der Waals surface area contributed by atoms with Crippen molar-refractivity contribution in [3.8, 4) is 0 Å². The van der Waals surface area contributed by atoms with E-state index in [1.807, 2.05) is 6.92 Å². The number of hydrogen-bond donors (Lipinski definition) is 0. The van der Waals surface area contributed by atoms with E-state index in [1.165, 1.54) is 6.92 Å². The maximum absolute atomic E-state index is 10.6. The van der Waals surface area contributed by atoms with Crippen molar-refractivity contribution >= 4 is 5.97 Å². The van der Waals surface area contributed by atoms with E-state index in [0.29, 0.717) is 11.5 Å². The minimum atomic E-state index is -0.296. The summed E-state index contributed by atoms with van der Waals surface area (Å²) in [6.45, 7) is 5.19. The fourth-order valence-electron chi connectivity index (χ4n) is 0.813. The summed E-state index contributed by atoms with van der Waals surface area (Å²) in [5, 5.41) is 0. The normalized spacial score (nSPS) is 12.0. The van der Waals surface area contributed by atoms with E-state index < -0.39 is 0 Å². The Morgan fingerprint density at radius 1 is 1.33 bits per heavy atom. The highest BCUT2D eigenvalue weighted by Gasteiger charge is 2.05. The Bertz CT molecular complexity index is 182. The van der Waals surface area contributed by atoms with Crippen molar-refractivity contribution in [2.24, 2.45) is 0 Å². The standard InChI is InChI=1S/C9H16O3/c1-5-6-9(7(2)11-4)12-8(3)10/h5-6H2,1-4H3/b9-7-. The molecule has 0 aliphatic heterocycles. The molecule has 0 aromatic heterocycles. The van der Waals surface area contributed by atoms with Crippen LogP contribution in [-0.4, -0.2) is 13.1 Å². The summed E-state index contributed by atoms with van der Waals surface area (Å²) in [4.78, 5) is 10.6. The van der Waals surface area contributed by atoms with Gasteiger partial charge in [0.25, 0.3) is 0 Å². The lowest BCUT2D eigenvalue weighted by Gasteiger charge is -2.08. The number of methoxy groups -OCH3 is 1. The van der Waals surface area contributed by atoms with Crippen LogP contribution >= 0.6 is 0 Å². The number of carbonyl (C=O) groups excluding carboxylic acids is 1.